The summed E-state index contributed by atoms with van der Waals surface area (Å²) in [6.07, 6.45) is 1.27. The molecule has 1 N–H and O–H groups in total. The molecule has 3 rings (SSSR count). The van der Waals surface area contributed by atoms with Crippen molar-refractivity contribution in [3.8, 4) is 0 Å². The first-order chi connectivity index (χ1) is 9.08. The van der Waals surface area contributed by atoms with Gasteiger partial charge in [0.2, 0.25) is 0 Å². The van der Waals surface area contributed by atoms with Crippen LogP contribution in [0.2, 0.25) is 0 Å². The van der Waals surface area contributed by atoms with Crippen LogP contribution in [0.25, 0.3) is 0 Å². The lowest BCUT2D eigenvalue weighted by atomic mass is 9.81. The molecule has 0 aromatic heterocycles. The topological polar surface area (TPSA) is 46.2 Å². The van der Waals surface area contributed by atoms with Gasteiger partial charge in [0.25, 0.3) is 0 Å². The highest BCUT2D eigenvalue weighted by atomic mass is 16.1. The summed E-state index contributed by atoms with van der Waals surface area (Å²) in [4.78, 5) is 25.1. The van der Waals surface area contributed by atoms with Crippen LogP contribution in [0.15, 0.2) is 35.4 Å². The van der Waals surface area contributed by atoms with E-state index in [0.717, 1.165) is 0 Å². The summed E-state index contributed by atoms with van der Waals surface area (Å²) in [7, 11) is 0. The summed E-state index contributed by atoms with van der Waals surface area (Å²) in [5.41, 5.74) is 2.56. The summed E-state index contributed by atoms with van der Waals surface area (Å²) in [6, 6.07) is 7.60. The number of rotatable bonds is 0. The van der Waals surface area contributed by atoms with Gasteiger partial charge >= 0.3 is 0 Å². The van der Waals surface area contributed by atoms with Gasteiger partial charge in [-0.05, 0) is 26.7 Å². The third-order valence-corrected chi connectivity index (χ3v) is 3.92. The summed E-state index contributed by atoms with van der Waals surface area (Å²) in [6.45, 7) is 4.12. The molecule has 98 valence electrons. The molecular formula is C16H17NO2. The highest BCUT2D eigenvalue weighted by Crippen LogP contribution is 2.32. The van der Waals surface area contributed by atoms with Crippen LogP contribution in [-0.2, 0) is 0 Å². The van der Waals surface area contributed by atoms with Gasteiger partial charge in [-0.25, -0.2) is 0 Å². The minimum absolute atomic E-state index is 0.0351. The Labute approximate surface area is 112 Å². The number of hydrogen-bond acceptors (Lipinski definition) is 3. The number of Topliss-reactive ketones (excluding diaryl/α,β-unsaturated/α-hetero) is 2. The molecule has 3 nitrogen and oxygen atoms in total. The molecule has 2 aliphatic rings. The van der Waals surface area contributed by atoms with Crippen molar-refractivity contribution in [1.82, 2.24) is 5.32 Å². The quantitative estimate of drug-likeness (QED) is 0.775. The first-order valence-electron chi connectivity index (χ1n) is 6.74. The van der Waals surface area contributed by atoms with Crippen molar-refractivity contribution in [3.05, 3.63) is 46.5 Å². The molecule has 2 atom stereocenters. The number of nitrogens with one attached hydrogen (secondary N) is 1. The zero-order valence-electron chi connectivity index (χ0n) is 11.2. The number of fused-ring (bicyclic) bond motifs is 1. The van der Waals surface area contributed by atoms with E-state index in [2.05, 4.69) is 19.2 Å². The number of benzene rings is 1. The van der Waals surface area contributed by atoms with Crippen molar-refractivity contribution in [1.29, 1.82) is 0 Å². The number of carbonyl (C=O) groups is 2. The van der Waals surface area contributed by atoms with Crippen LogP contribution >= 0.6 is 0 Å². The molecule has 0 amide bonds. The van der Waals surface area contributed by atoms with Crippen molar-refractivity contribution in [2.75, 3.05) is 0 Å². The van der Waals surface area contributed by atoms with Gasteiger partial charge in [0.1, 0.15) is 0 Å². The normalized spacial score (nSPS) is 26.8. The van der Waals surface area contributed by atoms with E-state index in [1.165, 1.54) is 0 Å². The van der Waals surface area contributed by atoms with Crippen LogP contribution in [0, 0.1) is 0 Å². The number of hydrogen-bond donors (Lipinski definition) is 1. The largest absolute Gasteiger partial charge is 0.311 e. The molecule has 0 saturated heterocycles. The molecule has 0 bridgehead atoms. The van der Waals surface area contributed by atoms with E-state index in [-0.39, 0.29) is 23.7 Å². The Hall–Kier alpha value is -1.74. The molecule has 0 radical (unpaired) electrons. The molecule has 19 heavy (non-hydrogen) atoms. The Kier molecular flexibility index (Phi) is 2.86. The lowest BCUT2D eigenvalue weighted by molar-refractivity contribution is 0.0969. The van der Waals surface area contributed by atoms with Crippen molar-refractivity contribution in [2.45, 2.75) is 38.8 Å². The molecule has 1 aliphatic carbocycles. The Morgan fingerprint density at radius 3 is 1.74 bits per heavy atom. The van der Waals surface area contributed by atoms with Gasteiger partial charge < -0.3 is 5.32 Å². The van der Waals surface area contributed by atoms with E-state index in [1.807, 2.05) is 12.1 Å². The van der Waals surface area contributed by atoms with E-state index in [9.17, 15) is 9.59 Å². The molecule has 1 heterocycles. The minimum Gasteiger partial charge on any atom is -0.311 e. The summed E-state index contributed by atoms with van der Waals surface area (Å²) >= 11 is 0. The standard InChI is InChI=1S/C16H17NO2/c1-9-7-13-14(8-10(2)17-9)16(19)12-6-4-3-5-11(12)15(13)18/h3-6,9-10,17H,7-8H2,1-2H3/t9-,10+. The molecule has 1 aromatic rings. The van der Waals surface area contributed by atoms with Gasteiger partial charge in [-0.2, -0.15) is 0 Å². The zero-order chi connectivity index (χ0) is 13.6. The highest BCUT2D eigenvalue weighted by Gasteiger charge is 2.34. The van der Waals surface area contributed by atoms with Crippen LogP contribution in [-0.4, -0.2) is 23.7 Å². The third kappa shape index (κ3) is 1.94. The van der Waals surface area contributed by atoms with Gasteiger partial charge in [0.05, 0.1) is 0 Å². The van der Waals surface area contributed by atoms with Gasteiger partial charge in [-0.15, -0.1) is 0 Å². The molecule has 3 heteroatoms. The lowest BCUT2D eigenvalue weighted by Crippen LogP contribution is -2.33. The fourth-order valence-electron chi connectivity index (χ4n) is 3.13. The SMILES string of the molecule is C[C@@H]1CC2=C(C[C@H](C)N1)C(=O)c1ccccc1C2=O. The second-order valence-corrected chi connectivity index (χ2v) is 5.54. The minimum atomic E-state index is 0.0351. The van der Waals surface area contributed by atoms with Gasteiger partial charge in [-0.3, -0.25) is 9.59 Å². The average molecular weight is 255 g/mol. The first kappa shape index (κ1) is 12.3. The summed E-state index contributed by atoms with van der Waals surface area (Å²) in [5.74, 6) is 0.0703. The van der Waals surface area contributed by atoms with Gasteiger partial charge in [0, 0.05) is 34.4 Å². The van der Waals surface area contributed by atoms with Gasteiger partial charge in [0.15, 0.2) is 11.6 Å². The van der Waals surface area contributed by atoms with Crippen LogP contribution in [0.4, 0.5) is 0 Å². The predicted octanol–water partition coefficient (Wildman–Crippen LogP) is 2.52. The Morgan fingerprint density at radius 1 is 0.895 bits per heavy atom. The summed E-state index contributed by atoms with van der Waals surface area (Å²) in [5, 5.41) is 3.42. The van der Waals surface area contributed by atoms with Crippen LogP contribution < -0.4 is 5.32 Å². The van der Waals surface area contributed by atoms with Crippen LogP contribution in [0.1, 0.15) is 47.4 Å². The maximum Gasteiger partial charge on any atom is 0.190 e. The van der Waals surface area contributed by atoms with Crippen molar-refractivity contribution >= 4 is 11.6 Å². The van der Waals surface area contributed by atoms with Crippen molar-refractivity contribution in [2.24, 2.45) is 0 Å². The number of ketones is 2. The lowest BCUT2D eigenvalue weighted by Gasteiger charge is -2.20. The molecule has 1 aromatic carbocycles. The van der Waals surface area contributed by atoms with Crippen LogP contribution in [0.5, 0.6) is 0 Å². The summed E-state index contributed by atoms with van der Waals surface area (Å²) < 4.78 is 0. The fourth-order valence-corrected chi connectivity index (χ4v) is 3.13. The zero-order valence-corrected chi connectivity index (χ0v) is 11.2. The van der Waals surface area contributed by atoms with E-state index in [4.69, 9.17) is 0 Å². The predicted molar refractivity (Wildman–Crippen MR) is 73.4 cm³/mol. The molecular weight excluding hydrogens is 238 g/mol. The molecule has 1 aliphatic heterocycles. The molecule has 0 saturated carbocycles. The first-order valence-corrected chi connectivity index (χ1v) is 6.74. The average Bonchev–Trinajstić information content (AvgIpc) is 2.54. The Balaban J connectivity index is 2.15. The third-order valence-electron chi connectivity index (χ3n) is 3.92. The van der Waals surface area contributed by atoms with E-state index < -0.39 is 0 Å². The Morgan fingerprint density at radius 2 is 1.32 bits per heavy atom. The second kappa shape index (κ2) is 4.42. The molecule has 0 unspecified atom stereocenters. The number of carbonyl (C=O) groups excluding carboxylic acids is 2. The molecule has 0 fully saturated rings. The highest BCUT2D eigenvalue weighted by molar-refractivity contribution is 6.27. The van der Waals surface area contributed by atoms with E-state index in [0.29, 0.717) is 35.1 Å². The van der Waals surface area contributed by atoms with Crippen molar-refractivity contribution < 1.29 is 9.59 Å². The maximum atomic E-state index is 12.6. The van der Waals surface area contributed by atoms with E-state index >= 15 is 0 Å². The van der Waals surface area contributed by atoms with Crippen molar-refractivity contribution in [3.63, 3.8) is 0 Å². The van der Waals surface area contributed by atoms with Crippen LogP contribution in [0.3, 0.4) is 0 Å². The fraction of sp³-hybridized carbons (Fsp3) is 0.375. The van der Waals surface area contributed by atoms with E-state index in [1.54, 1.807) is 12.1 Å². The smallest absolute Gasteiger partial charge is 0.190 e. The monoisotopic (exact) mass is 255 g/mol. The molecule has 0 spiro atoms. The van der Waals surface area contributed by atoms with Gasteiger partial charge in [-0.1, -0.05) is 24.3 Å². The Bertz CT molecular complexity index is 550. The second-order valence-electron chi connectivity index (χ2n) is 5.54. The maximum absolute atomic E-state index is 12.6.